The van der Waals surface area contributed by atoms with Crippen LogP contribution in [0, 0.1) is 6.07 Å². The van der Waals surface area contributed by atoms with Crippen molar-refractivity contribution in [3.63, 3.8) is 0 Å². The number of pyridine rings is 1. The van der Waals surface area contributed by atoms with Crippen molar-refractivity contribution in [1.29, 1.82) is 0 Å². The van der Waals surface area contributed by atoms with Gasteiger partial charge in [-0.3, -0.25) is 9.55 Å². The third-order valence-electron chi connectivity index (χ3n) is 12.3. The van der Waals surface area contributed by atoms with Crippen molar-refractivity contribution in [3.8, 4) is 89.7 Å². The van der Waals surface area contributed by atoms with Gasteiger partial charge in [-0.2, -0.15) is 0 Å². The second kappa shape index (κ2) is 15.7. The summed E-state index contributed by atoms with van der Waals surface area (Å²) in [7, 11) is 0. The Labute approximate surface area is 376 Å². The Bertz CT molecular complexity index is 3280. The first-order valence-electron chi connectivity index (χ1n) is 20.7. The number of phenols is 1. The quantitative estimate of drug-likeness (QED) is 0.162. The normalized spacial score (nSPS) is 12.4. The summed E-state index contributed by atoms with van der Waals surface area (Å²) >= 11 is 0. The summed E-state index contributed by atoms with van der Waals surface area (Å²) in [5, 5.41) is 12.2. The van der Waals surface area contributed by atoms with Gasteiger partial charge in [0.1, 0.15) is 11.6 Å². The molecule has 0 bridgehead atoms. The minimum Gasteiger partial charge on any atom is -0.507 e. The number of fused-ring (bicyclic) bond motifs is 4. The Morgan fingerprint density at radius 2 is 1.10 bits per heavy atom. The molecule has 2 aromatic heterocycles. The van der Waals surface area contributed by atoms with Crippen LogP contribution in [0.3, 0.4) is 0 Å². The van der Waals surface area contributed by atoms with Crippen LogP contribution in [0.15, 0.2) is 200 Å². The maximum absolute atomic E-state index is 12.2. The number of hydrogen-bond donors (Lipinski definition) is 1. The predicted molar refractivity (Wildman–Crippen MR) is 250 cm³/mol. The van der Waals surface area contributed by atoms with Crippen molar-refractivity contribution in [2.75, 3.05) is 0 Å². The minimum absolute atomic E-state index is 0. The molecule has 2 heterocycles. The number of aromatic hydroxyl groups is 1. The fourth-order valence-electron chi connectivity index (χ4n) is 9.23. The van der Waals surface area contributed by atoms with Crippen LogP contribution >= 0.6 is 0 Å². The third kappa shape index (κ3) is 6.59. The van der Waals surface area contributed by atoms with Crippen LogP contribution in [0.1, 0.15) is 25.0 Å². The van der Waals surface area contributed by atoms with E-state index in [1.807, 2.05) is 30.5 Å². The number of imidazole rings is 1. The second-order valence-corrected chi connectivity index (χ2v) is 16.3. The third-order valence-corrected chi connectivity index (χ3v) is 12.3. The number of aromatic nitrogens is 3. The van der Waals surface area contributed by atoms with Crippen molar-refractivity contribution < 1.29 is 26.2 Å². The van der Waals surface area contributed by atoms with Gasteiger partial charge in [-0.25, -0.2) is 4.98 Å². The van der Waals surface area contributed by atoms with E-state index in [4.69, 9.17) is 9.97 Å². The van der Waals surface area contributed by atoms with Gasteiger partial charge in [0.2, 0.25) is 0 Å². The van der Waals surface area contributed by atoms with Crippen molar-refractivity contribution in [1.82, 2.24) is 14.5 Å². The molecule has 11 rings (SSSR count). The summed E-state index contributed by atoms with van der Waals surface area (Å²) in [4.78, 5) is 10.5. The van der Waals surface area contributed by atoms with E-state index in [0.29, 0.717) is 11.4 Å². The smallest absolute Gasteiger partial charge is 0.148 e. The van der Waals surface area contributed by atoms with Crippen LogP contribution in [0.4, 0.5) is 0 Å². The number of rotatable bonds is 7. The van der Waals surface area contributed by atoms with Crippen LogP contribution in [0.2, 0.25) is 0 Å². The Kier molecular flexibility index (Phi) is 9.90. The maximum Gasteiger partial charge on any atom is 0.148 e. The fourth-order valence-corrected chi connectivity index (χ4v) is 9.23. The standard InChI is InChI=1S/C57H40N3O.Pt/c1-57(2)49-26-14-12-24-46(49)47-35-48(54(61)36-50(47)57)56-59-55-45(25-16-28-53(55)60(56)52-27-15-13-23-44(52)39-21-10-5-11-22-39)42-31-41(38-19-8-4-9-20-38)32-43(33-42)51-34-40(29-30-58-51)37-17-6-3-7-18-37;/h3-32,34-36,61H,1-2H3;/q-1;. The molecule has 300 valence electrons. The summed E-state index contributed by atoms with van der Waals surface area (Å²) in [5.41, 5.74) is 17.8. The van der Waals surface area contributed by atoms with E-state index in [1.54, 1.807) is 0 Å². The molecule has 1 aliphatic carbocycles. The molecule has 4 nitrogen and oxygen atoms in total. The molecule has 0 saturated carbocycles. The number of hydrogen-bond acceptors (Lipinski definition) is 3. The molecular formula is C57H40N3OPt-. The van der Waals surface area contributed by atoms with Crippen molar-refractivity contribution in [2.45, 2.75) is 19.3 Å². The van der Waals surface area contributed by atoms with Crippen molar-refractivity contribution >= 4 is 11.0 Å². The molecule has 10 aromatic rings. The molecule has 0 aliphatic heterocycles. The Hall–Kier alpha value is -7.13. The zero-order chi connectivity index (χ0) is 41.1. The van der Waals surface area contributed by atoms with Gasteiger partial charge in [-0.1, -0.05) is 182 Å². The molecule has 5 heteroatoms. The number of benzene rings is 8. The van der Waals surface area contributed by atoms with E-state index in [-0.39, 0.29) is 32.2 Å². The van der Waals surface area contributed by atoms with Crippen LogP contribution in [0.5, 0.6) is 5.75 Å². The summed E-state index contributed by atoms with van der Waals surface area (Å²) in [6.45, 7) is 4.46. The monoisotopic (exact) mass is 977 g/mol. The minimum atomic E-state index is -0.262. The molecular weight excluding hydrogens is 938 g/mol. The molecule has 0 fully saturated rings. The molecule has 62 heavy (non-hydrogen) atoms. The topological polar surface area (TPSA) is 50.9 Å². The zero-order valence-corrected chi connectivity index (χ0v) is 36.4. The summed E-state index contributed by atoms with van der Waals surface area (Å²) in [6, 6.07) is 71.2. The van der Waals surface area contributed by atoms with Gasteiger partial charge in [0.25, 0.3) is 0 Å². The van der Waals surface area contributed by atoms with E-state index in [0.717, 1.165) is 83.6 Å². The van der Waals surface area contributed by atoms with E-state index in [2.05, 4.69) is 194 Å². The van der Waals surface area contributed by atoms with Gasteiger partial charge >= 0.3 is 0 Å². The fraction of sp³-hybridized carbons (Fsp3) is 0.0526. The second-order valence-electron chi connectivity index (χ2n) is 16.3. The van der Waals surface area contributed by atoms with Crippen LogP contribution in [0.25, 0.3) is 95.0 Å². The van der Waals surface area contributed by atoms with E-state index >= 15 is 0 Å². The van der Waals surface area contributed by atoms with E-state index < -0.39 is 0 Å². The Morgan fingerprint density at radius 1 is 0.484 bits per heavy atom. The van der Waals surface area contributed by atoms with Crippen molar-refractivity contribution in [2.24, 2.45) is 0 Å². The molecule has 8 aromatic carbocycles. The van der Waals surface area contributed by atoms with E-state index in [9.17, 15) is 5.11 Å². The van der Waals surface area contributed by atoms with Gasteiger partial charge in [0.05, 0.1) is 22.3 Å². The summed E-state index contributed by atoms with van der Waals surface area (Å²) in [6.07, 6.45) is 1.88. The molecule has 0 unspecified atom stereocenters. The first kappa shape index (κ1) is 39.0. The molecule has 1 N–H and O–H groups in total. The molecule has 0 saturated heterocycles. The number of nitrogens with zero attached hydrogens (tertiary/aromatic N) is 3. The zero-order valence-electron chi connectivity index (χ0n) is 34.2. The largest absolute Gasteiger partial charge is 0.507 e. The first-order chi connectivity index (χ1) is 29.9. The van der Waals surface area contributed by atoms with Crippen molar-refractivity contribution in [3.05, 3.63) is 218 Å². The predicted octanol–water partition coefficient (Wildman–Crippen LogP) is 14.2. The number of phenolic OH excluding ortho intramolecular Hbond substituents is 1. The van der Waals surface area contributed by atoms with Gasteiger partial charge in [0.15, 0.2) is 0 Å². The van der Waals surface area contributed by atoms with Gasteiger partial charge in [-0.05, 0) is 74.8 Å². The molecule has 0 atom stereocenters. The maximum atomic E-state index is 12.2. The Morgan fingerprint density at radius 3 is 1.84 bits per heavy atom. The van der Waals surface area contributed by atoms with Crippen LogP contribution < -0.4 is 0 Å². The average molecular weight is 978 g/mol. The molecule has 0 spiro atoms. The Balaban J connectivity index is 0.00000458. The summed E-state index contributed by atoms with van der Waals surface area (Å²) in [5.74, 6) is 0.851. The van der Waals surface area contributed by atoms with Gasteiger partial charge in [0, 0.05) is 43.9 Å². The van der Waals surface area contributed by atoms with Crippen LogP contribution in [-0.2, 0) is 26.5 Å². The summed E-state index contributed by atoms with van der Waals surface area (Å²) < 4.78 is 2.22. The molecule has 0 radical (unpaired) electrons. The van der Waals surface area contributed by atoms with Gasteiger partial charge in [-0.15, -0.1) is 23.8 Å². The molecule has 1 aliphatic rings. The number of para-hydroxylation sites is 2. The molecule has 0 amide bonds. The van der Waals surface area contributed by atoms with Crippen LogP contribution in [-0.4, -0.2) is 19.6 Å². The first-order valence-corrected chi connectivity index (χ1v) is 20.7. The van der Waals surface area contributed by atoms with E-state index in [1.165, 1.54) is 11.1 Å². The SMILES string of the molecule is CC1(C)c2ccccc2-c2cc(-c3nc4c(-c5[c-]c(-c6cc(-c7ccccc7)ccn6)cc(-c6ccccc6)c5)cccc4n3-c3ccccc3-c3ccccc3)c(O)cc21.[Pt]. The van der Waals surface area contributed by atoms with Gasteiger partial charge < -0.3 is 5.11 Å². The average Bonchev–Trinajstić information content (AvgIpc) is 3.81.